The van der Waals surface area contributed by atoms with Gasteiger partial charge in [-0.15, -0.1) is 0 Å². The standard InChI is InChI=1S/C13H20N2O/c1-9-3-4-11-10(12(14)8-16)5-6-15(2)13(11)7-9/h3-4,7,10,12,16H,5-6,8,14H2,1-2H3. The van der Waals surface area contributed by atoms with Crippen molar-refractivity contribution in [3.63, 3.8) is 0 Å². The first-order valence-corrected chi connectivity index (χ1v) is 5.81. The molecule has 0 saturated carbocycles. The maximum atomic E-state index is 9.19. The van der Waals surface area contributed by atoms with Crippen LogP contribution in [0.1, 0.15) is 23.5 Å². The SMILES string of the molecule is Cc1ccc2c(c1)N(C)CCC2C(N)CO. The minimum absolute atomic E-state index is 0.0572. The number of fused-ring (bicyclic) bond motifs is 1. The van der Waals surface area contributed by atoms with Gasteiger partial charge in [0.15, 0.2) is 0 Å². The molecule has 3 N–H and O–H groups in total. The molecule has 0 amide bonds. The lowest BCUT2D eigenvalue weighted by molar-refractivity contribution is 0.244. The molecule has 1 heterocycles. The fourth-order valence-corrected chi connectivity index (χ4v) is 2.48. The van der Waals surface area contributed by atoms with E-state index in [1.165, 1.54) is 16.8 Å². The highest BCUT2D eigenvalue weighted by Gasteiger charge is 2.27. The second kappa shape index (κ2) is 4.44. The largest absolute Gasteiger partial charge is 0.395 e. The number of hydrogen-bond donors (Lipinski definition) is 2. The van der Waals surface area contributed by atoms with Crippen molar-refractivity contribution < 1.29 is 5.11 Å². The van der Waals surface area contributed by atoms with Gasteiger partial charge in [-0.25, -0.2) is 0 Å². The van der Waals surface area contributed by atoms with Crippen LogP contribution in [-0.4, -0.2) is 31.3 Å². The number of aryl methyl sites for hydroxylation is 1. The zero-order chi connectivity index (χ0) is 11.7. The molecule has 0 fully saturated rings. The molecule has 0 radical (unpaired) electrons. The van der Waals surface area contributed by atoms with Crippen molar-refractivity contribution in [2.45, 2.75) is 25.3 Å². The lowest BCUT2D eigenvalue weighted by Crippen LogP contribution is -2.38. The predicted molar refractivity (Wildman–Crippen MR) is 66.9 cm³/mol. The van der Waals surface area contributed by atoms with Crippen LogP contribution >= 0.6 is 0 Å². The maximum absolute atomic E-state index is 9.19. The Kier molecular flexibility index (Phi) is 3.17. The molecule has 1 aliphatic rings. The summed E-state index contributed by atoms with van der Waals surface area (Å²) in [5.41, 5.74) is 9.79. The van der Waals surface area contributed by atoms with Crippen LogP contribution < -0.4 is 10.6 Å². The van der Waals surface area contributed by atoms with Gasteiger partial charge in [-0.1, -0.05) is 12.1 Å². The van der Waals surface area contributed by atoms with Gasteiger partial charge in [0, 0.05) is 31.2 Å². The zero-order valence-electron chi connectivity index (χ0n) is 9.98. The third kappa shape index (κ3) is 1.93. The predicted octanol–water partition coefficient (Wildman–Crippen LogP) is 1.24. The van der Waals surface area contributed by atoms with Crippen molar-refractivity contribution in [1.29, 1.82) is 0 Å². The van der Waals surface area contributed by atoms with Gasteiger partial charge in [-0.3, -0.25) is 0 Å². The molecule has 1 aliphatic heterocycles. The van der Waals surface area contributed by atoms with Gasteiger partial charge >= 0.3 is 0 Å². The number of aliphatic hydroxyl groups is 1. The zero-order valence-corrected chi connectivity index (χ0v) is 9.98. The van der Waals surface area contributed by atoms with Crippen molar-refractivity contribution in [3.8, 4) is 0 Å². The van der Waals surface area contributed by atoms with Gasteiger partial charge in [0.05, 0.1) is 6.61 Å². The molecular formula is C13H20N2O. The topological polar surface area (TPSA) is 49.5 Å². The molecule has 0 aliphatic carbocycles. The Balaban J connectivity index is 2.40. The van der Waals surface area contributed by atoms with Crippen LogP contribution in [0.5, 0.6) is 0 Å². The third-order valence-electron chi connectivity index (χ3n) is 3.50. The maximum Gasteiger partial charge on any atom is 0.0588 e. The van der Waals surface area contributed by atoms with E-state index in [2.05, 4.69) is 37.1 Å². The summed E-state index contributed by atoms with van der Waals surface area (Å²) in [5, 5.41) is 9.19. The number of anilines is 1. The fraction of sp³-hybridized carbons (Fsp3) is 0.538. The van der Waals surface area contributed by atoms with Crippen molar-refractivity contribution in [2.24, 2.45) is 5.73 Å². The molecule has 1 aromatic carbocycles. The highest BCUT2D eigenvalue weighted by atomic mass is 16.3. The normalized spacial score (nSPS) is 21.8. The molecule has 2 atom stereocenters. The molecule has 3 heteroatoms. The van der Waals surface area contributed by atoms with E-state index < -0.39 is 0 Å². The lowest BCUT2D eigenvalue weighted by Gasteiger charge is -2.35. The van der Waals surface area contributed by atoms with Crippen molar-refractivity contribution in [1.82, 2.24) is 0 Å². The van der Waals surface area contributed by atoms with Crippen LogP contribution in [0.4, 0.5) is 5.69 Å². The summed E-state index contributed by atoms with van der Waals surface area (Å²) in [6.45, 7) is 3.17. The number of aliphatic hydroxyl groups excluding tert-OH is 1. The number of nitrogens with two attached hydrogens (primary N) is 1. The molecule has 0 bridgehead atoms. The van der Waals surface area contributed by atoms with Crippen molar-refractivity contribution in [3.05, 3.63) is 29.3 Å². The van der Waals surface area contributed by atoms with Gasteiger partial charge in [0.2, 0.25) is 0 Å². The molecule has 2 rings (SSSR count). The molecular weight excluding hydrogens is 200 g/mol. The number of benzene rings is 1. The van der Waals surface area contributed by atoms with E-state index in [1.807, 2.05) is 0 Å². The van der Waals surface area contributed by atoms with E-state index in [9.17, 15) is 5.11 Å². The molecule has 3 nitrogen and oxygen atoms in total. The first kappa shape index (κ1) is 11.4. The Labute approximate surface area is 96.9 Å². The van der Waals surface area contributed by atoms with E-state index >= 15 is 0 Å². The van der Waals surface area contributed by atoms with E-state index in [1.54, 1.807) is 0 Å². The van der Waals surface area contributed by atoms with Crippen molar-refractivity contribution >= 4 is 5.69 Å². The summed E-state index contributed by atoms with van der Waals surface area (Å²) in [7, 11) is 2.11. The van der Waals surface area contributed by atoms with Gasteiger partial charge in [0.25, 0.3) is 0 Å². The van der Waals surface area contributed by atoms with Gasteiger partial charge in [-0.05, 0) is 30.5 Å². The van der Waals surface area contributed by atoms with E-state index in [-0.39, 0.29) is 18.6 Å². The lowest BCUT2D eigenvalue weighted by atomic mass is 9.84. The Hall–Kier alpha value is -1.06. The summed E-state index contributed by atoms with van der Waals surface area (Å²) in [6.07, 6.45) is 1.02. The smallest absolute Gasteiger partial charge is 0.0588 e. The van der Waals surface area contributed by atoms with Gasteiger partial charge in [-0.2, -0.15) is 0 Å². The fourth-order valence-electron chi connectivity index (χ4n) is 2.48. The second-order valence-corrected chi connectivity index (χ2v) is 4.73. The Morgan fingerprint density at radius 1 is 1.56 bits per heavy atom. The quantitative estimate of drug-likeness (QED) is 0.788. The van der Waals surface area contributed by atoms with Gasteiger partial charge < -0.3 is 15.7 Å². The summed E-state index contributed by atoms with van der Waals surface area (Å²) >= 11 is 0. The van der Waals surface area contributed by atoms with E-state index in [4.69, 9.17) is 5.73 Å². The minimum atomic E-state index is -0.143. The Morgan fingerprint density at radius 3 is 3.00 bits per heavy atom. The number of rotatable bonds is 2. The summed E-state index contributed by atoms with van der Waals surface area (Å²) < 4.78 is 0. The molecule has 88 valence electrons. The summed E-state index contributed by atoms with van der Waals surface area (Å²) in [6, 6.07) is 6.33. The van der Waals surface area contributed by atoms with Crippen LogP contribution in [0.15, 0.2) is 18.2 Å². The molecule has 0 saturated heterocycles. The molecule has 0 spiro atoms. The average Bonchev–Trinajstić information content (AvgIpc) is 2.29. The Morgan fingerprint density at radius 2 is 2.31 bits per heavy atom. The number of hydrogen-bond acceptors (Lipinski definition) is 3. The third-order valence-corrected chi connectivity index (χ3v) is 3.50. The van der Waals surface area contributed by atoms with Gasteiger partial charge in [0.1, 0.15) is 0 Å². The van der Waals surface area contributed by atoms with Crippen LogP contribution in [0, 0.1) is 6.92 Å². The van der Waals surface area contributed by atoms with E-state index in [0.29, 0.717) is 0 Å². The first-order valence-electron chi connectivity index (χ1n) is 5.81. The van der Waals surface area contributed by atoms with Crippen molar-refractivity contribution in [2.75, 3.05) is 25.1 Å². The molecule has 16 heavy (non-hydrogen) atoms. The number of nitrogens with zero attached hydrogens (tertiary/aromatic N) is 1. The molecule has 0 aromatic heterocycles. The first-order chi connectivity index (χ1) is 7.63. The highest BCUT2D eigenvalue weighted by Crippen LogP contribution is 2.36. The van der Waals surface area contributed by atoms with Crippen LogP contribution in [0.25, 0.3) is 0 Å². The highest BCUT2D eigenvalue weighted by molar-refractivity contribution is 5.58. The summed E-state index contributed by atoms with van der Waals surface area (Å²) in [5.74, 6) is 0.289. The van der Waals surface area contributed by atoms with E-state index in [0.717, 1.165) is 13.0 Å². The molecule has 2 unspecified atom stereocenters. The second-order valence-electron chi connectivity index (χ2n) is 4.73. The van der Waals surface area contributed by atoms with Crippen LogP contribution in [0.3, 0.4) is 0 Å². The monoisotopic (exact) mass is 220 g/mol. The molecule has 1 aromatic rings. The van der Waals surface area contributed by atoms with Crippen LogP contribution in [-0.2, 0) is 0 Å². The van der Waals surface area contributed by atoms with Crippen LogP contribution in [0.2, 0.25) is 0 Å². The summed E-state index contributed by atoms with van der Waals surface area (Å²) in [4.78, 5) is 2.27. The Bertz CT molecular complexity index is 378. The minimum Gasteiger partial charge on any atom is -0.395 e. The average molecular weight is 220 g/mol.